The van der Waals surface area contributed by atoms with Gasteiger partial charge in [0, 0.05) is 16.4 Å². The number of alkyl halides is 1. The van der Waals surface area contributed by atoms with Crippen LogP contribution in [0.5, 0.6) is 0 Å². The van der Waals surface area contributed by atoms with E-state index in [-0.39, 0.29) is 16.9 Å². The number of ether oxygens (including phenoxy) is 2. The van der Waals surface area contributed by atoms with Gasteiger partial charge in [0.2, 0.25) is 0 Å². The largest absolute Gasteiger partial charge is 0.444 e. The number of rotatable bonds is 9. The molecule has 1 atom stereocenters. The molecule has 0 aromatic heterocycles. The maximum absolute atomic E-state index is 11.8. The molecule has 0 rings (SSSR count). The molecule has 5 heteroatoms. The highest BCUT2D eigenvalue weighted by Gasteiger charge is 2.26. The van der Waals surface area contributed by atoms with Crippen LogP contribution in [0.2, 0.25) is 0 Å². The summed E-state index contributed by atoms with van der Waals surface area (Å²) in [4.78, 5) is 11.8. The highest BCUT2D eigenvalue weighted by Crippen LogP contribution is 2.25. The van der Waals surface area contributed by atoms with E-state index in [1.54, 1.807) is 0 Å². The third-order valence-corrected chi connectivity index (χ3v) is 4.17. The van der Waals surface area contributed by atoms with Crippen molar-refractivity contribution < 1.29 is 14.3 Å². The van der Waals surface area contributed by atoms with E-state index in [9.17, 15) is 4.79 Å². The monoisotopic (exact) mass is 427 g/mol. The molecule has 0 aliphatic rings. The maximum Gasteiger partial charge on any atom is 0.407 e. The van der Waals surface area contributed by atoms with E-state index in [4.69, 9.17) is 9.47 Å². The molecule has 22 heavy (non-hydrogen) atoms. The summed E-state index contributed by atoms with van der Waals surface area (Å²) in [6.07, 6.45) is 1.72. The van der Waals surface area contributed by atoms with Gasteiger partial charge in [-0.05, 0) is 39.0 Å². The van der Waals surface area contributed by atoms with Crippen molar-refractivity contribution in [3.63, 3.8) is 0 Å². The Bertz CT molecular complexity index is 339. The number of alkyl carbamates (subject to hydrolysis) is 1. The Morgan fingerprint density at radius 3 is 2.14 bits per heavy atom. The van der Waals surface area contributed by atoms with Gasteiger partial charge in [0.25, 0.3) is 0 Å². The summed E-state index contributed by atoms with van der Waals surface area (Å²) in [5.41, 5.74) is -0.335. The van der Waals surface area contributed by atoms with Gasteiger partial charge in [-0.1, -0.05) is 50.3 Å². The molecule has 0 bridgehead atoms. The summed E-state index contributed by atoms with van der Waals surface area (Å²) >= 11 is 2.40. The van der Waals surface area contributed by atoms with Crippen molar-refractivity contribution in [1.29, 1.82) is 0 Å². The van der Waals surface area contributed by atoms with Gasteiger partial charge in [0.05, 0.1) is 13.2 Å². The standard InChI is InChI=1S/C17H34INO3/c1-8-17(7,11-19-14(20)22-15(2,3)4)13-21-12-16(5,6)9-10-18/h8-13H2,1-7H3,(H,19,20). The van der Waals surface area contributed by atoms with Crippen molar-refractivity contribution in [2.75, 3.05) is 24.2 Å². The summed E-state index contributed by atoms with van der Waals surface area (Å²) in [6.45, 7) is 16.3. The fraction of sp³-hybridized carbons (Fsp3) is 0.941. The van der Waals surface area contributed by atoms with Crippen LogP contribution in [0.1, 0.15) is 61.3 Å². The number of amides is 1. The van der Waals surface area contributed by atoms with Crippen LogP contribution in [-0.4, -0.2) is 35.9 Å². The van der Waals surface area contributed by atoms with Crippen molar-refractivity contribution >= 4 is 28.7 Å². The Morgan fingerprint density at radius 2 is 1.68 bits per heavy atom. The van der Waals surface area contributed by atoms with Crippen LogP contribution >= 0.6 is 22.6 Å². The molecule has 0 spiro atoms. The Kier molecular flexibility index (Phi) is 9.29. The zero-order valence-corrected chi connectivity index (χ0v) is 17.5. The predicted molar refractivity (Wildman–Crippen MR) is 101 cm³/mol. The van der Waals surface area contributed by atoms with Gasteiger partial charge in [-0.15, -0.1) is 0 Å². The Hall–Kier alpha value is -0.0400. The second kappa shape index (κ2) is 9.30. The zero-order valence-electron chi connectivity index (χ0n) is 15.3. The highest BCUT2D eigenvalue weighted by atomic mass is 127. The van der Waals surface area contributed by atoms with Gasteiger partial charge >= 0.3 is 6.09 Å². The van der Waals surface area contributed by atoms with Crippen LogP contribution in [-0.2, 0) is 9.47 Å². The fourth-order valence-electron chi connectivity index (χ4n) is 1.78. The number of halogens is 1. The van der Waals surface area contributed by atoms with Gasteiger partial charge in [0.1, 0.15) is 5.60 Å². The number of hydrogen-bond acceptors (Lipinski definition) is 3. The smallest absolute Gasteiger partial charge is 0.407 e. The van der Waals surface area contributed by atoms with Crippen molar-refractivity contribution in [3.8, 4) is 0 Å². The van der Waals surface area contributed by atoms with Crippen LogP contribution in [0.25, 0.3) is 0 Å². The molecule has 0 aromatic carbocycles. The van der Waals surface area contributed by atoms with Crippen LogP contribution in [0, 0.1) is 10.8 Å². The number of carbonyl (C=O) groups is 1. The number of nitrogens with one attached hydrogen (secondary N) is 1. The first-order valence-electron chi connectivity index (χ1n) is 8.04. The molecule has 0 fully saturated rings. The van der Waals surface area contributed by atoms with E-state index < -0.39 is 5.60 Å². The highest BCUT2D eigenvalue weighted by molar-refractivity contribution is 14.1. The SMILES string of the molecule is CCC(C)(CNC(=O)OC(C)(C)C)COCC(C)(C)CCI. The van der Waals surface area contributed by atoms with E-state index in [0.29, 0.717) is 13.2 Å². The lowest BCUT2D eigenvalue weighted by atomic mass is 9.88. The molecule has 1 N–H and O–H groups in total. The average molecular weight is 427 g/mol. The van der Waals surface area contributed by atoms with Crippen LogP contribution < -0.4 is 5.32 Å². The number of carbonyl (C=O) groups excluding carboxylic acids is 1. The minimum atomic E-state index is -0.466. The molecule has 0 saturated carbocycles. The molecule has 0 saturated heterocycles. The quantitative estimate of drug-likeness (QED) is 0.425. The van der Waals surface area contributed by atoms with Gasteiger partial charge in [0.15, 0.2) is 0 Å². The molecule has 132 valence electrons. The molecule has 0 aromatic rings. The lowest BCUT2D eigenvalue weighted by Gasteiger charge is -2.31. The molecule has 1 amide bonds. The first-order valence-corrected chi connectivity index (χ1v) is 9.56. The predicted octanol–water partition coefficient (Wildman–Crippen LogP) is 4.80. The van der Waals surface area contributed by atoms with Crippen molar-refractivity contribution in [2.45, 2.75) is 66.9 Å². The zero-order chi connectivity index (χ0) is 17.4. The van der Waals surface area contributed by atoms with E-state index in [2.05, 4.69) is 55.6 Å². The third-order valence-electron chi connectivity index (χ3n) is 3.63. The van der Waals surface area contributed by atoms with Gasteiger partial charge < -0.3 is 14.8 Å². The van der Waals surface area contributed by atoms with Gasteiger partial charge in [-0.3, -0.25) is 0 Å². The topological polar surface area (TPSA) is 47.6 Å². The second-order valence-electron chi connectivity index (χ2n) is 8.12. The molecule has 0 aliphatic carbocycles. The summed E-state index contributed by atoms with van der Waals surface area (Å²) in [5.74, 6) is 0. The number of hydrogen-bond donors (Lipinski definition) is 1. The first kappa shape index (κ1) is 22.0. The fourth-order valence-corrected chi connectivity index (χ4v) is 3.24. The summed E-state index contributed by atoms with van der Waals surface area (Å²) < 4.78 is 12.4. The minimum absolute atomic E-state index is 0.0721. The van der Waals surface area contributed by atoms with E-state index >= 15 is 0 Å². The third kappa shape index (κ3) is 10.6. The van der Waals surface area contributed by atoms with E-state index in [0.717, 1.165) is 23.9 Å². The Morgan fingerprint density at radius 1 is 1.09 bits per heavy atom. The lowest BCUT2D eigenvalue weighted by molar-refractivity contribution is 0.00427. The van der Waals surface area contributed by atoms with Crippen molar-refractivity contribution in [2.24, 2.45) is 10.8 Å². The van der Waals surface area contributed by atoms with Crippen molar-refractivity contribution in [3.05, 3.63) is 0 Å². The Balaban J connectivity index is 4.27. The van der Waals surface area contributed by atoms with E-state index in [1.165, 1.54) is 0 Å². The molecule has 4 nitrogen and oxygen atoms in total. The molecular weight excluding hydrogens is 393 g/mol. The molecule has 1 unspecified atom stereocenters. The second-order valence-corrected chi connectivity index (χ2v) is 9.19. The first-order chi connectivity index (χ1) is 9.93. The normalized spacial score (nSPS) is 15.3. The van der Waals surface area contributed by atoms with E-state index in [1.807, 2.05) is 20.8 Å². The lowest BCUT2D eigenvalue weighted by Crippen LogP contribution is -2.41. The van der Waals surface area contributed by atoms with Crippen LogP contribution in [0.3, 0.4) is 0 Å². The van der Waals surface area contributed by atoms with Crippen LogP contribution in [0.15, 0.2) is 0 Å². The summed E-state index contributed by atoms with van der Waals surface area (Å²) in [5, 5.41) is 2.86. The summed E-state index contributed by atoms with van der Waals surface area (Å²) in [6, 6.07) is 0. The Labute approximate surface area is 150 Å². The minimum Gasteiger partial charge on any atom is -0.444 e. The maximum atomic E-state index is 11.8. The molecule has 0 radical (unpaired) electrons. The molecule has 0 aliphatic heterocycles. The van der Waals surface area contributed by atoms with Crippen molar-refractivity contribution in [1.82, 2.24) is 5.32 Å². The van der Waals surface area contributed by atoms with Gasteiger partial charge in [-0.25, -0.2) is 4.79 Å². The van der Waals surface area contributed by atoms with Gasteiger partial charge in [-0.2, -0.15) is 0 Å². The summed E-state index contributed by atoms with van der Waals surface area (Å²) in [7, 11) is 0. The average Bonchev–Trinajstić information content (AvgIpc) is 2.34. The van der Waals surface area contributed by atoms with Crippen LogP contribution in [0.4, 0.5) is 4.79 Å². The molecular formula is C17H34INO3. The molecule has 0 heterocycles.